The predicted molar refractivity (Wildman–Crippen MR) is 184 cm³/mol. The lowest BCUT2D eigenvalue weighted by Gasteiger charge is -2.41. The van der Waals surface area contributed by atoms with Gasteiger partial charge in [-0.05, 0) is 81.7 Å². The van der Waals surface area contributed by atoms with Gasteiger partial charge in [-0.25, -0.2) is 13.8 Å². The van der Waals surface area contributed by atoms with Crippen molar-refractivity contribution in [2.45, 2.75) is 82.0 Å². The van der Waals surface area contributed by atoms with Crippen LogP contribution in [0.3, 0.4) is 0 Å². The number of piperazine rings is 1. The molecule has 0 unspecified atom stereocenters. The van der Waals surface area contributed by atoms with Crippen molar-refractivity contribution in [3.05, 3.63) is 59.8 Å². The molecule has 5 aliphatic rings. The number of halogens is 2. The minimum atomic E-state index is -0.749. The lowest BCUT2D eigenvalue weighted by molar-refractivity contribution is -0.148. The molecule has 7 rings (SSSR count). The van der Waals surface area contributed by atoms with Crippen molar-refractivity contribution in [2.24, 2.45) is 11.8 Å². The molecule has 1 saturated carbocycles. The van der Waals surface area contributed by atoms with Crippen LogP contribution in [0.15, 0.2) is 42.6 Å². The van der Waals surface area contributed by atoms with E-state index >= 15 is 9.18 Å². The number of likely N-dealkylation sites (tertiary alicyclic amines) is 1. The van der Waals surface area contributed by atoms with Gasteiger partial charge in [-0.2, -0.15) is 0 Å². The van der Waals surface area contributed by atoms with E-state index < -0.39 is 35.6 Å². The first kappa shape index (κ1) is 34.8. The number of amides is 3. The highest BCUT2D eigenvalue weighted by Crippen LogP contribution is 2.40. The summed E-state index contributed by atoms with van der Waals surface area (Å²) in [4.78, 5) is 58.0. The van der Waals surface area contributed by atoms with Gasteiger partial charge in [-0.15, -0.1) is 0 Å². The number of likely N-dealkylation sites (N-methyl/N-ethyl adjacent to an activating group) is 1. The van der Waals surface area contributed by atoms with Crippen LogP contribution in [0, 0.1) is 23.5 Å². The van der Waals surface area contributed by atoms with Gasteiger partial charge in [0.25, 0.3) is 5.91 Å². The molecule has 4 saturated heterocycles. The van der Waals surface area contributed by atoms with E-state index in [4.69, 9.17) is 4.74 Å². The highest BCUT2D eigenvalue weighted by molar-refractivity contribution is 5.91. The first-order chi connectivity index (χ1) is 24.2. The lowest BCUT2D eigenvalue weighted by atomic mass is 9.85. The van der Waals surface area contributed by atoms with Crippen molar-refractivity contribution in [2.75, 3.05) is 64.4 Å². The van der Waals surface area contributed by atoms with Gasteiger partial charge in [-0.1, -0.05) is 19.1 Å². The maximum Gasteiger partial charge on any atom is 0.252 e. The Balaban J connectivity index is 1.23. The summed E-state index contributed by atoms with van der Waals surface area (Å²) in [5, 5.41) is 0. The Bertz CT molecular complexity index is 1530. The Morgan fingerprint density at radius 2 is 1.68 bits per heavy atom. The van der Waals surface area contributed by atoms with Crippen LogP contribution < -0.4 is 4.90 Å². The van der Waals surface area contributed by atoms with Gasteiger partial charge in [0, 0.05) is 76.6 Å². The molecule has 0 N–H and O–H groups in total. The van der Waals surface area contributed by atoms with Gasteiger partial charge in [0.2, 0.25) is 11.8 Å². The Morgan fingerprint density at radius 3 is 2.36 bits per heavy atom. The van der Waals surface area contributed by atoms with Crippen LogP contribution in [-0.2, 0) is 19.1 Å². The first-order valence-corrected chi connectivity index (χ1v) is 18.5. The van der Waals surface area contributed by atoms with E-state index in [2.05, 4.69) is 16.8 Å². The third-order valence-electron chi connectivity index (χ3n) is 11.9. The zero-order chi connectivity index (χ0) is 34.9. The van der Waals surface area contributed by atoms with Crippen molar-refractivity contribution < 1.29 is 27.9 Å². The molecular weight excluding hydrogens is 642 g/mol. The molecule has 5 heterocycles. The van der Waals surface area contributed by atoms with E-state index in [1.165, 1.54) is 12.1 Å². The molecule has 4 aliphatic heterocycles. The maximum atomic E-state index is 15.4. The standard InChI is InChI=1S/C38H50F2N6O4/c1-25-8-11-27(12-9-25)46(38(49)34-6-5-19-50-34)28-21-33(37(48)43-17-15-42(2)16-18-43)45(22-28)36(47)31-24-44(35-7-3-4-14-41-35)23-30(31)29-13-10-26(39)20-32(29)40/h3-4,7,10,13-14,20,25,27-28,30-31,33-34H,5-6,8-9,11-12,15-19,21-24H2,1-2H3/t25?,27?,28-,30-,31+,33+,34-/m0/s1. The number of carbonyl (C=O) groups is 3. The molecule has 270 valence electrons. The monoisotopic (exact) mass is 692 g/mol. The van der Waals surface area contributed by atoms with Crippen LogP contribution in [0.25, 0.3) is 0 Å². The number of benzene rings is 1. The Morgan fingerprint density at radius 1 is 0.900 bits per heavy atom. The summed E-state index contributed by atoms with van der Waals surface area (Å²) in [6.07, 6.45) is 6.86. The summed E-state index contributed by atoms with van der Waals surface area (Å²) >= 11 is 0. The molecule has 1 aliphatic carbocycles. The molecule has 0 bridgehead atoms. The number of aromatic nitrogens is 1. The number of pyridine rings is 1. The summed E-state index contributed by atoms with van der Waals surface area (Å²) in [6, 6.07) is 8.00. The van der Waals surface area contributed by atoms with Gasteiger partial charge in [0.1, 0.15) is 29.6 Å². The summed E-state index contributed by atoms with van der Waals surface area (Å²) < 4.78 is 35.4. The molecule has 0 spiro atoms. The van der Waals surface area contributed by atoms with Gasteiger partial charge >= 0.3 is 0 Å². The van der Waals surface area contributed by atoms with Gasteiger partial charge in [0.05, 0.1) is 12.0 Å². The fourth-order valence-electron chi connectivity index (χ4n) is 8.96. The van der Waals surface area contributed by atoms with E-state index in [1.54, 1.807) is 11.1 Å². The summed E-state index contributed by atoms with van der Waals surface area (Å²) in [7, 11) is 2.03. The smallest absolute Gasteiger partial charge is 0.252 e. The van der Waals surface area contributed by atoms with Crippen molar-refractivity contribution in [1.29, 1.82) is 0 Å². The van der Waals surface area contributed by atoms with Gasteiger partial charge in [0.15, 0.2) is 0 Å². The van der Waals surface area contributed by atoms with Crippen LogP contribution in [-0.4, -0.2) is 126 Å². The van der Waals surface area contributed by atoms with E-state index in [0.29, 0.717) is 50.8 Å². The number of nitrogens with zero attached hydrogens (tertiary/aromatic N) is 6. The topological polar surface area (TPSA) is 89.5 Å². The molecular formula is C38H50F2N6O4. The van der Waals surface area contributed by atoms with Crippen LogP contribution in [0.1, 0.15) is 63.4 Å². The second-order valence-corrected chi connectivity index (χ2v) is 15.2. The van der Waals surface area contributed by atoms with Crippen molar-refractivity contribution in [3.63, 3.8) is 0 Å². The average molecular weight is 693 g/mol. The SMILES string of the molecule is CC1CCC(N(C(=O)[C@@H]2CCCO2)[C@H]2C[C@H](C(=O)N3CCN(C)CC3)N(C(=O)[C@@H]3CN(c4ccccn4)C[C@H]3c3ccc(F)cc3F)C2)CC1. The summed E-state index contributed by atoms with van der Waals surface area (Å²) in [5.74, 6) is -1.78. The number of hydrogen-bond donors (Lipinski definition) is 0. The molecule has 1 aromatic carbocycles. The molecule has 1 aromatic heterocycles. The van der Waals surface area contributed by atoms with Crippen molar-refractivity contribution in [3.8, 4) is 0 Å². The van der Waals surface area contributed by atoms with Crippen molar-refractivity contribution in [1.82, 2.24) is 24.6 Å². The van der Waals surface area contributed by atoms with Crippen LogP contribution >= 0.6 is 0 Å². The average Bonchev–Trinajstić information content (AvgIpc) is 3.91. The minimum Gasteiger partial charge on any atom is -0.368 e. The predicted octanol–water partition coefficient (Wildman–Crippen LogP) is 3.91. The highest BCUT2D eigenvalue weighted by Gasteiger charge is 2.51. The van der Waals surface area contributed by atoms with Crippen LogP contribution in [0.5, 0.6) is 0 Å². The van der Waals surface area contributed by atoms with Crippen LogP contribution in [0.2, 0.25) is 0 Å². The fraction of sp³-hybridized carbons (Fsp3) is 0.632. The Hall–Kier alpha value is -3.64. The zero-order valence-corrected chi connectivity index (χ0v) is 29.3. The molecule has 12 heteroatoms. The Kier molecular flexibility index (Phi) is 10.4. The van der Waals surface area contributed by atoms with E-state index in [1.807, 2.05) is 39.9 Å². The quantitative estimate of drug-likeness (QED) is 0.435. The summed E-state index contributed by atoms with van der Waals surface area (Å²) in [6.45, 7) is 6.24. The highest BCUT2D eigenvalue weighted by atomic mass is 19.1. The fourth-order valence-corrected chi connectivity index (χ4v) is 8.96. The number of anilines is 1. The number of hydrogen-bond acceptors (Lipinski definition) is 7. The minimum absolute atomic E-state index is 0.0227. The zero-order valence-electron chi connectivity index (χ0n) is 29.3. The summed E-state index contributed by atoms with van der Waals surface area (Å²) in [5.41, 5.74) is 0.271. The third kappa shape index (κ3) is 7.10. The van der Waals surface area contributed by atoms with Crippen molar-refractivity contribution >= 4 is 23.5 Å². The Labute approximate surface area is 293 Å². The number of rotatable bonds is 7. The van der Waals surface area contributed by atoms with E-state index in [-0.39, 0.29) is 48.5 Å². The normalized spacial score (nSPS) is 30.6. The molecule has 5 atom stereocenters. The van der Waals surface area contributed by atoms with Crippen LogP contribution in [0.4, 0.5) is 14.6 Å². The molecule has 50 heavy (non-hydrogen) atoms. The molecule has 0 radical (unpaired) electrons. The van der Waals surface area contributed by atoms with Gasteiger partial charge < -0.3 is 29.2 Å². The molecule has 2 aromatic rings. The lowest BCUT2D eigenvalue weighted by Crippen LogP contribution is -2.54. The molecule has 3 amide bonds. The first-order valence-electron chi connectivity index (χ1n) is 18.5. The second kappa shape index (κ2) is 14.9. The van der Waals surface area contributed by atoms with Gasteiger partial charge in [-0.3, -0.25) is 14.4 Å². The van der Waals surface area contributed by atoms with E-state index in [0.717, 1.165) is 51.3 Å². The largest absolute Gasteiger partial charge is 0.368 e. The number of ether oxygens (including phenoxy) is 1. The molecule has 10 nitrogen and oxygen atoms in total. The second-order valence-electron chi connectivity index (χ2n) is 15.2. The maximum absolute atomic E-state index is 15.4. The molecule has 5 fully saturated rings. The number of carbonyl (C=O) groups excluding carboxylic acids is 3. The third-order valence-corrected chi connectivity index (χ3v) is 11.9. The van der Waals surface area contributed by atoms with E-state index in [9.17, 15) is 14.0 Å².